The number of anilines is 1. The number of rotatable bonds is 6. The lowest BCUT2D eigenvalue weighted by Gasteiger charge is -2.26. The predicted molar refractivity (Wildman–Crippen MR) is 123 cm³/mol. The van der Waals surface area contributed by atoms with Crippen LogP contribution >= 0.6 is 23.4 Å². The molecule has 1 saturated heterocycles. The Balaban J connectivity index is 1.40. The van der Waals surface area contributed by atoms with Crippen LogP contribution in [0.15, 0.2) is 29.4 Å². The van der Waals surface area contributed by atoms with Crippen LogP contribution in [0, 0.1) is 0 Å². The van der Waals surface area contributed by atoms with Gasteiger partial charge in [-0.3, -0.25) is 4.90 Å². The van der Waals surface area contributed by atoms with E-state index in [0.717, 1.165) is 67.1 Å². The molecule has 2 aliphatic rings. The van der Waals surface area contributed by atoms with Crippen LogP contribution in [0.2, 0.25) is 5.02 Å². The van der Waals surface area contributed by atoms with Gasteiger partial charge >= 0.3 is 0 Å². The molecule has 0 atom stereocenters. The number of aromatic nitrogens is 3. The molecule has 31 heavy (non-hydrogen) atoms. The fourth-order valence-electron chi connectivity index (χ4n) is 4.17. The summed E-state index contributed by atoms with van der Waals surface area (Å²) >= 11 is 8.30. The number of morpholine rings is 1. The van der Waals surface area contributed by atoms with Crippen molar-refractivity contribution in [3.63, 3.8) is 0 Å². The van der Waals surface area contributed by atoms with Gasteiger partial charge in [-0.15, -0.1) is 0 Å². The van der Waals surface area contributed by atoms with Gasteiger partial charge in [-0.25, -0.2) is 4.98 Å². The average Bonchev–Trinajstić information content (AvgIpc) is 2.77. The number of hydrogen-bond acceptors (Lipinski definition) is 8. The summed E-state index contributed by atoms with van der Waals surface area (Å²) in [5.41, 5.74) is 9.09. The van der Waals surface area contributed by atoms with Crippen molar-refractivity contribution in [2.24, 2.45) is 0 Å². The first-order valence-electron chi connectivity index (χ1n) is 10.4. The second-order valence-electron chi connectivity index (χ2n) is 7.68. The molecule has 0 spiro atoms. The van der Waals surface area contributed by atoms with E-state index in [4.69, 9.17) is 31.8 Å². The van der Waals surface area contributed by atoms with Gasteiger partial charge in [0, 0.05) is 24.4 Å². The van der Waals surface area contributed by atoms with Gasteiger partial charge < -0.3 is 15.2 Å². The molecule has 1 fully saturated rings. The summed E-state index contributed by atoms with van der Waals surface area (Å²) < 4.78 is 11.1. The minimum atomic E-state index is 0.209. The SMILES string of the molecule is Nc1nc(SCCCN2CCOCC2)nc(-c2c(Cl)cc3c4c(cccc24)COC3)n1. The first kappa shape index (κ1) is 20.9. The van der Waals surface area contributed by atoms with Crippen molar-refractivity contribution >= 4 is 40.1 Å². The number of nitrogen functional groups attached to an aromatic ring is 1. The monoisotopic (exact) mass is 457 g/mol. The highest BCUT2D eigenvalue weighted by molar-refractivity contribution is 7.99. The molecule has 9 heteroatoms. The molecule has 2 N–H and O–H groups in total. The second kappa shape index (κ2) is 9.26. The molecule has 2 aromatic carbocycles. The van der Waals surface area contributed by atoms with E-state index in [2.05, 4.69) is 27.0 Å². The number of nitrogens with zero attached hydrogens (tertiary/aromatic N) is 4. The molecular formula is C22H24ClN5O2S. The van der Waals surface area contributed by atoms with Crippen LogP contribution in [0.4, 0.5) is 5.95 Å². The third-order valence-electron chi connectivity index (χ3n) is 5.61. The summed E-state index contributed by atoms with van der Waals surface area (Å²) in [4.78, 5) is 15.9. The molecule has 3 heterocycles. The van der Waals surface area contributed by atoms with Crippen molar-refractivity contribution in [1.29, 1.82) is 0 Å². The Morgan fingerprint density at radius 1 is 1.06 bits per heavy atom. The number of nitrogens with two attached hydrogens (primary N) is 1. The maximum Gasteiger partial charge on any atom is 0.224 e. The maximum absolute atomic E-state index is 6.70. The Labute approximate surface area is 190 Å². The molecule has 0 saturated carbocycles. The molecule has 0 radical (unpaired) electrons. The topological polar surface area (TPSA) is 86.4 Å². The molecule has 3 aromatic rings. The summed E-state index contributed by atoms with van der Waals surface area (Å²) in [6.45, 7) is 5.84. The van der Waals surface area contributed by atoms with Crippen molar-refractivity contribution in [2.45, 2.75) is 24.8 Å². The first-order valence-corrected chi connectivity index (χ1v) is 11.8. The molecule has 0 unspecified atom stereocenters. The third kappa shape index (κ3) is 4.49. The average molecular weight is 458 g/mol. The highest BCUT2D eigenvalue weighted by Gasteiger charge is 2.21. The largest absolute Gasteiger partial charge is 0.379 e. The molecular weight excluding hydrogens is 434 g/mol. The van der Waals surface area contributed by atoms with Gasteiger partial charge in [0.15, 0.2) is 11.0 Å². The Morgan fingerprint density at radius 3 is 2.77 bits per heavy atom. The summed E-state index contributed by atoms with van der Waals surface area (Å²) in [5.74, 6) is 1.64. The molecule has 0 aliphatic carbocycles. The molecule has 0 amide bonds. The van der Waals surface area contributed by atoms with Crippen molar-refractivity contribution in [3.8, 4) is 11.4 Å². The van der Waals surface area contributed by atoms with Gasteiger partial charge in [-0.1, -0.05) is 41.6 Å². The van der Waals surface area contributed by atoms with E-state index in [-0.39, 0.29) is 5.95 Å². The van der Waals surface area contributed by atoms with Gasteiger partial charge in [-0.05, 0) is 40.9 Å². The number of hydrogen-bond donors (Lipinski definition) is 1. The Hall–Kier alpha value is -1.97. The minimum Gasteiger partial charge on any atom is -0.379 e. The van der Waals surface area contributed by atoms with Gasteiger partial charge in [0.1, 0.15) is 0 Å². The second-order valence-corrected chi connectivity index (χ2v) is 9.15. The summed E-state index contributed by atoms with van der Waals surface area (Å²) in [7, 11) is 0. The number of thioether (sulfide) groups is 1. The van der Waals surface area contributed by atoms with Crippen LogP contribution < -0.4 is 5.73 Å². The lowest BCUT2D eigenvalue weighted by atomic mass is 9.94. The molecule has 2 aliphatic heterocycles. The molecule has 162 valence electrons. The van der Waals surface area contributed by atoms with Crippen LogP contribution in [0.25, 0.3) is 22.2 Å². The Morgan fingerprint density at radius 2 is 1.90 bits per heavy atom. The standard InChI is InChI=1S/C22H24ClN5O2S/c23-17-11-15-13-30-12-14-3-1-4-16(18(14)15)19(17)20-25-21(24)27-22(26-20)31-10-2-5-28-6-8-29-9-7-28/h1,3-4,11H,2,5-10,12-13H2,(H2,24,25,26,27). The van der Waals surface area contributed by atoms with Gasteiger partial charge in [0.25, 0.3) is 0 Å². The van der Waals surface area contributed by atoms with E-state index in [0.29, 0.717) is 29.2 Å². The number of halogens is 1. The van der Waals surface area contributed by atoms with E-state index >= 15 is 0 Å². The van der Waals surface area contributed by atoms with Gasteiger partial charge in [-0.2, -0.15) is 9.97 Å². The molecule has 5 rings (SSSR count). The zero-order valence-corrected chi connectivity index (χ0v) is 18.7. The van der Waals surface area contributed by atoms with E-state index < -0.39 is 0 Å². The van der Waals surface area contributed by atoms with Gasteiger partial charge in [0.05, 0.1) is 31.5 Å². The number of ether oxygens (including phenoxy) is 2. The van der Waals surface area contributed by atoms with Crippen molar-refractivity contribution in [2.75, 3.05) is 44.3 Å². The van der Waals surface area contributed by atoms with Crippen molar-refractivity contribution in [1.82, 2.24) is 19.9 Å². The smallest absolute Gasteiger partial charge is 0.224 e. The summed E-state index contributed by atoms with van der Waals surface area (Å²) in [6.07, 6.45) is 1.05. The zero-order valence-electron chi connectivity index (χ0n) is 17.1. The maximum atomic E-state index is 6.70. The van der Waals surface area contributed by atoms with Crippen LogP contribution in [0.1, 0.15) is 17.5 Å². The van der Waals surface area contributed by atoms with Gasteiger partial charge in [0.2, 0.25) is 5.95 Å². The first-order chi connectivity index (χ1) is 15.2. The summed E-state index contributed by atoms with van der Waals surface area (Å²) in [5, 5.41) is 3.42. The van der Waals surface area contributed by atoms with Crippen LogP contribution in [-0.4, -0.2) is 58.5 Å². The highest BCUT2D eigenvalue weighted by Crippen LogP contribution is 2.39. The van der Waals surface area contributed by atoms with Crippen LogP contribution in [0.5, 0.6) is 0 Å². The van der Waals surface area contributed by atoms with Crippen LogP contribution in [-0.2, 0) is 22.7 Å². The molecule has 0 bridgehead atoms. The van der Waals surface area contributed by atoms with Crippen molar-refractivity contribution in [3.05, 3.63) is 40.4 Å². The fraction of sp³-hybridized carbons (Fsp3) is 0.409. The van der Waals surface area contributed by atoms with E-state index in [1.165, 1.54) is 5.39 Å². The Bertz CT molecular complexity index is 1110. The lowest BCUT2D eigenvalue weighted by Crippen LogP contribution is -2.36. The molecule has 7 nitrogen and oxygen atoms in total. The highest BCUT2D eigenvalue weighted by atomic mass is 35.5. The quantitative estimate of drug-likeness (QED) is 0.442. The van der Waals surface area contributed by atoms with E-state index in [1.54, 1.807) is 11.8 Å². The lowest BCUT2D eigenvalue weighted by molar-refractivity contribution is 0.0381. The van der Waals surface area contributed by atoms with E-state index in [1.807, 2.05) is 12.1 Å². The summed E-state index contributed by atoms with van der Waals surface area (Å²) in [6, 6.07) is 8.11. The third-order valence-corrected chi connectivity index (χ3v) is 6.84. The minimum absolute atomic E-state index is 0.209. The van der Waals surface area contributed by atoms with E-state index in [9.17, 15) is 0 Å². The van der Waals surface area contributed by atoms with Crippen LogP contribution in [0.3, 0.4) is 0 Å². The normalized spacial score (nSPS) is 16.7. The zero-order chi connectivity index (χ0) is 21.2. The Kier molecular flexibility index (Phi) is 6.24. The molecule has 1 aromatic heterocycles. The van der Waals surface area contributed by atoms with Crippen molar-refractivity contribution < 1.29 is 9.47 Å². The predicted octanol–water partition coefficient (Wildman–Crippen LogP) is 3.77. The number of benzene rings is 2. The fourth-order valence-corrected chi connectivity index (χ4v) is 5.25.